The van der Waals surface area contributed by atoms with Gasteiger partial charge >= 0.3 is 0 Å². The van der Waals surface area contributed by atoms with Crippen molar-refractivity contribution in [3.63, 3.8) is 0 Å². The van der Waals surface area contributed by atoms with Crippen LogP contribution in [0, 0.1) is 0 Å². The van der Waals surface area contributed by atoms with Crippen LogP contribution in [0.3, 0.4) is 0 Å². The molecule has 1 aliphatic carbocycles. The van der Waals surface area contributed by atoms with E-state index in [1.54, 1.807) is 0 Å². The maximum Gasteiger partial charge on any atom is 0.221 e. The van der Waals surface area contributed by atoms with Crippen LogP contribution >= 0.6 is 11.6 Å². The second kappa shape index (κ2) is 11.3. The first-order valence-electron chi connectivity index (χ1n) is 12.5. The molecule has 2 heterocycles. The zero-order valence-corrected chi connectivity index (χ0v) is 20.7. The van der Waals surface area contributed by atoms with E-state index in [1.807, 2.05) is 42.5 Å². The first-order valence-corrected chi connectivity index (χ1v) is 12.9. The van der Waals surface area contributed by atoms with Gasteiger partial charge in [-0.05, 0) is 43.5 Å². The fourth-order valence-electron chi connectivity index (χ4n) is 4.46. The lowest BCUT2D eigenvalue weighted by molar-refractivity contribution is -0.121. The predicted octanol–water partition coefficient (Wildman–Crippen LogP) is 4.15. The molecule has 1 aromatic heterocycles. The van der Waals surface area contributed by atoms with Crippen LogP contribution in [0.1, 0.15) is 25.7 Å². The Hall–Kier alpha value is -2.74. The van der Waals surface area contributed by atoms with Gasteiger partial charge in [-0.1, -0.05) is 35.9 Å². The van der Waals surface area contributed by atoms with E-state index in [0.717, 1.165) is 80.9 Å². The Labute approximate surface area is 211 Å². The largest absolute Gasteiger partial charge is 0.379 e. The van der Waals surface area contributed by atoms with Gasteiger partial charge in [-0.25, -0.2) is 9.97 Å². The third-order valence-corrected chi connectivity index (χ3v) is 6.88. The van der Waals surface area contributed by atoms with E-state index >= 15 is 0 Å². The lowest BCUT2D eigenvalue weighted by Gasteiger charge is -2.29. The molecule has 2 aliphatic rings. The fraction of sp³-hybridized carbons (Fsp3) is 0.444. The molecule has 1 saturated heterocycles. The predicted molar refractivity (Wildman–Crippen MR) is 140 cm³/mol. The Bertz CT molecular complexity index is 1160. The molecule has 2 fully saturated rings. The summed E-state index contributed by atoms with van der Waals surface area (Å²) in [5.41, 5.74) is 1.67. The Morgan fingerprint density at radius 3 is 2.63 bits per heavy atom. The lowest BCUT2D eigenvalue weighted by Crippen LogP contribution is -2.39. The number of halogens is 1. The normalized spacial score (nSPS) is 16.4. The number of carbonyl (C=O) groups excluding carboxylic acids is 1. The van der Waals surface area contributed by atoms with E-state index in [-0.39, 0.29) is 5.91 Å². The molecule has 8 heteroatoms. The first-order chi connectivity index (χ1) is 17.2. The molecule has 1 N–H and O–H groups in total. The van der Waals surface area contributed by atoms with Gasteiger partial charge in [0.15, 0.2) is 5.82 Å². The summed E-state index contributed by atoms with van der Waals surface area (Å²) >= 11 is 6.51. The summed E-state index contributed by atoms with van der Waals surface area (Å²) in [5.74, 6) is 1.56. The molecule has 0 spiro atoms. The summed E-state index contributed by atoms with van der Waals surface area (Å²) in [6, 6.07) is 16.1. The van der Waals surface area contributed by atoms with Gasteiger partial charge in [0.1, 0.15) is 5.82 Å². The van der Waals surface area contributed by atoms with Crippen LogP contribution in [-0.4, -0.2) is 72.8 Å². The van der Waals surface area contributed by atoms with Crippen LogP contribution in [0.2, 0.25) is 5.02 Å². The highest BCUT2D eigenvalue weighted by atomic mass is 35.5. The molecular formula is C27H32ClN5O2. The minimum absolute atomic E-state index is 0.107. The van der Waals surface area contributed by atoms with Crippen molar-refractivity contribution in [2.24, 2.45) is 0 Å². The zero-order chi connectivity index (χ0) is 24.0. The van der Waals surface area contributed by atoms with Gasteiger partial charge in [-0.2, -0.15) is 0 Å². The van der Waals surface area contributed by atoms with Crippen molar-refractivity contribution in [2.75, 3.05) is 50.8 Å². The number of amides is 1. The number of aromatic nitrogens is 2. The Kier molecular flexibility index (Phi) is 7.76. The topological polar surface area (TPSA) is 70.6 Å². The van der Waals surface area contributed by atoms with Crippen molar-refractivity contribution in [3.05, 3.63) is 53.6 Å². The van der Waals surface area contributed by atoms with E-state index in [9.17, 15) is 4.79 Å². The molecular weight excluding hydrogens is 462 g/mol. The van der Waals surface area contributed by atoms with Gasteiger partial charge in [-0.15, -0.1) is 0 Å². The number of hydrogen-bond acceptors (Lipinski definition) is 6. The molecule has 0 unspecified atom stereocenters. The molecule has 1 amide bonds. The number of nitrogens with one attached hydrogen (secondary N) is 1. The van der Waals surface area contributed by atoms with Gasteiger partial charge in [0.05, 0.1) is 23.8 Å². The number of fused-ring (bicyclic) bond motifs is 1. The maximum absolute atomic E-state index is 12.5. The smallest absolute Gasteiger partial charge is 0.221 e. The minimum Gasteiger partial charge on any atom is -0.379 e. The zero-order valence-electron chi connectivity index (χ0n) is 20.0. The van der Waals surface area contributed by atoms with E-state index in [0.29, 0.717) is 29.9 Å². The molecule has 1 saturated carbocycles. The number of para-hydroxylation sites is 1. The third-order valence-electron chi connectivity index (χ3n) is 6.55. The average molecular weight is 494 g/mol. The van der Waals surface area contributed by atoms with Crippen molar-refractivity contribution in [1.29, 1.82) is 0 Å². The van der Waals surface area contributed by atoms with Gasteiger partial charge in [0.25, 0.3) is 0 Å². The van der Waals surface area contributed by atoms with Crippen LogP contribution in [0.5, 0.6) is 0 Å². The molecule has 0 radical (unpaired) electrons. The van der Waals surface area contributed by atoms with E-state index in [2.05, 4.69) is 21.2 Å². The molecule has 0 bridgehead atoms. The first kappa shape index (κ1) is 24.0. The molecule has 7 nitrogen and oxygen atoms in total. The van der Waals surface area contributed by atoms with Crippen molar-refractivity contribution < 1.29 is 9.53 Å². The number of anilines is 1. The SMILES string of the molecule is O=C(CCN(CCCN1CCOCC1)c1nc(-c2ccccc2Cl)nc2ccccc12)NC1CC1. The standard InChI is InChI=1S/C27H32ClN5O2/c28-23-8-3-1-6-21(23)26-30-24-9-4-2-7-22(24)27(31-26)33(15-12-25(34)29-20-10-11-20)14-5-13-32-16-18-35-19-17-32/h1-4,6-9,20H,5,10-19H2,(H,29,34). The lowest BCUT2D eigenvalue weighted by atomic mass is 10.1. The minimum atomic E-state index is 0.107. The Morgan fingerprint density at radius 2 is 1.83 bits per heavy atom. The monoisotopic (exact) mass is 493 g/mol. The van der Waals surface area contributed by atoms with Gasteiger partial charge in [0.2, 0.25) is 5.91 Å². The number of rotatable bonds is 10. The summed E-state index contributed by atoms with van der Waals surface area (Å²) < 4.78 is 5.49. The highest BCUT2D eigenvalue weighted by Gasteiger charge is 2.24. The number of ether oxygens (including phenoxy) is 1. The number of morpholine rings is 1. The van der Waals surface area contributed by atoms with Crippen LogP contribution < -0.4 is 10.2 Å². The molecule has 3 aromatic rings. The molecule has 1 aliphatic heterocycles. The van der Waals surface area contributed by atoms with Gasteiger partial charge < -0.3 is 15.0 Å². The van der Waals surface area contributed by atoms with E-state index in [4.69, 9.17) is 26.3 Å². The fourth-order valence-corrected chi connectivity index (χ4v) is 4.68. The van der Waals surface area contributed by atoms with E-state index in [1.165, 1.54) is 0 Å². The molecule has 184 valence electrons. The van der Waals surface area contributed by atoms with Crippen molar-refractivity contribution >= 4 is 34.2 Å². The third kappa shape index (κ3) is 6.28. The highest BCUT2D eigenvalue weighted by molar-refractivity contribution is 6.33. The summed E-state index contributed by atoms with van der Waals surface area (Å²) in [6.07, 6.45) is 3.59. The highest BCUT2D eigenvalue weighted by Crippen LogP contribution is 2.31. The second-order valence-electron chi connectivity index (χ2n) is 9.25. The van der Waals surface area contributed by atoms with Crippen LogP contribution in [-0.2, 0) is 9.53 Å². The van der Waals surface area contributed by atoms with Crippen LogP contribution in [0.4, 0.5) is 5.82 Å². The quantitative estimate of drug-likeness (QED) is 0.457. The second-order valence-corrected chi connectivity index (χ2v) is 9.66. The van der Waals surface area contributed by atoms with E-state index < -0.39 is 0 Å². The molecule has 35 heavy (non-hydrogen) atoms. The maximum atomic E-state index is 12.5. The van der Waals surface area contributed by atoms with Crippen molar-refractivity contribution in [3.8, 4) is 11.4 Å². The van der Waals surface area contributed by atoms with Gasteiger partial charge in [0, 0.05) is 56.1 Å². The summed E-state index contributed by atoms with van der Waals surface area (Å²) in [5, 5.41) is 4.72. The number of hydrogen-bond donors (Lipinski definition) is 1. The van der Waals surface area contributed by atoms with Crippen LogP contribution in [0.25, 0.3) is 22.3 Å². The molecule has 0 atom stereocenters. The average Bonchev–Trinajstić information content (AvgIpc) is 3.70. The number of carbonyl (C=O) groups is 1. The van der Waals surface area contributed by atoms with Crippen molar-refractivity contribution in [2.45, 2.75) is 31.7 Å². The summed E-state index contributed by atoms with van der Waals surface area (Å²) in [6.45, 7) is 5.93. The Balaban J connectivity index is 1.42. The van der Waals surface area contributed by atoms with Crippen molar-refractivity contribution in [1.82, 2.24) is 20.2 Å². The number of nitrogens with zero attached hydrogens (tertiary/aromatic N) is 4. The summed E-state index contributed by atoms with van der Waals surface area (Å²) in [4.78, 5) is 27.1. The van der Waals surface area contributed by atoms with Crippen LogP contribution in [0.15, 0.2) is 48.5 Å². The molecule has 5 rings (SSSR count). The Morgan fingerprint density at radius 1 is 1.06 bits per heavy atom. The molecule has 2 aromatic carbocycles. The van der Waals surface area contributed by atoms with Gasteiger partial charge in [-0.3, -0.25) is 9.69 Å². The number of benzene rings is 2. The summed E-state index contributed by atoms with van der Waals surface area (Å²) in [7, 11) is 0.